The summed E-state index contributed by atoms with van der Waals surface area (Å²) in [5, 5.41) is 14.4. The predicted molar refractivity (Wildman–Crippen MR) is 83.4 cm³/mol. The van der Waals surface area contributed by atoms with Gasteiger partial charge in [0, 0.05) is 17.2 Å². The molecule has 0 spiro atoms. The van der Waals surface area contributed by atoms with E-state index in [-0.39, 0.29) is 17.4 Å². The van der Waals surface area contributed by atoms with Gasteiger partial charge < -0.3 is 5.32 Å². The van der Waals surface area contributed by atoms with E-state index >= 15 is 0 Å². The number of fused-ring (bicyclic) bond motifs is 1. The molecule has 0 saturated carbocycles. The lowest BCUT2D eigenvalue weighted by atomic mass is 9.88. The smallest absolute Gasteiger partial charge is 0.214 e. The predicted octanol–water partition coefficient (Wildman–Crippen LogP) is 3.45. The van der Waals surface area contributed by atoms with Gasteiger partial charge in [0.05, 0.1) is 5.92 Å². The van der Waals surface area contributed by atoms with Crippen molar-refractivity contribution in [3.8, 4) is 0 Å². The maximum absolute atomic E-state index is 11.0. The highest BCUT2D eigenvalue weighted by Crippen LogP contribution is 2.30. The first kappa shape index (κ1) is 13.6. The Morgan fingerprint density at radius 3 is 2.71 bits per heavy atom. The van der Waals surface area contributed by atoms with Crippen molar-refractivity contribution >= 4 is 5.69 Å². The molecule has 0 bridgehead atoms. The maximum Gasteiger partial charge on any atom is 0.214 e. The summed E-state index contributed by atoms with van der Waals surface area (Å²) in [5.41, 5.74) is 4.46. The van der Waals surface area contributed by atoms with E-state index in [0.717, 1.165) is 36.2 Å². The molecule has 2 aromatic carbocycles. The first-order valence-corrected chi connectivity index (χ1v) is 7.27. The van der Waals surface area contributed by atoms with Crippen molar-refractivity contribution < 1.29 is 4.92 Å². The molecule has 4 heteroatoms. The Morgan fingerprint density at radius 1 is 1.14 bits per heavy atom. The van der Waals surface area contributed by atoms with Gasteiger partial charge >= 0.3 is 0 Å². The molecule has 21 heavy (non-hydrogen) atoms. The zero-order valence-electron chi connectivity index (χ0n) is 11.8. The third kappa shape index (κ3) is 3.05. The molecule has 0 saturated heterocycles. The van der Waals surface area contributed by atoms with Gasteiger partial charge in [0.25, 0.3) is 0 Å². The molecule has 1 heterocycles. The van der Waals surface area contributed by atoms with Gasteiger partial charge in [0.2, 0.25) is 6.54 Å². The fourth-order valence-corrected chi connectivity index (χ4v) is 2.95. The minimum atomic E-state index is -0.227. The van der Waals surface area contributed by atoms with Gasteiger partial charge in [0.1, 0.15) is 0 Å². The standard InChI is InChI=1S/C17H18N2O2/c20-19(21)12-16(13-5-2-1-3-6-13)14-8-9-17-15(11-14)7-4-10-18-17/h1-3,5-6,8-9,11,16,18H,4,7,10,12H2/t16-/m0/s1. The molecule has 0 aliphatic carbocycles. The average Bonchev–Trinajstić information content (AvgIpc) is 2.53. The van der Waals surface area contributed by atoms with Gasteiger partial charge in [-0.15, -0.1) is 0 Å². The maximum atomic E-state index is 11.0. The van der Waals surface area contributed by atoms with Gasteiger partial charge in [-0.1, -0.05) is 42.5 Å². The topological polar surface area (TPSA) is 55.2 Å². The van der Waals surface area contributed by atoms with Crippen molar-refractivity contribution in [1.82, 2.24) is 0 Å². The number of benzene rings is 2. The molecule has 3 rings (SSSR count). The van der Waals surface area contributed by atoms with E-state index < -0.39 is 0 Å². The lowest BCUT2D eigenvalue weighted by Gasteiger charge is -2.21. The van der Waals surface area contributed by atoms with Crippen molar-refractivity contribution in [1.29, 1.82) is 0 Å². The Hall–Kier alpha value is -2.36. The molecule has 1 aliphatic heterocycles. The fraction of sp³-hybridized carbons (Fsp3) is 0.294. The number of hydrogen-bond acceptors (Lipinski definition) is 3. The summed E-state index contributed by atoms with van der Waals surface area (Å²) in [6.07, 6.45) is 2.15. The van der Waals surface area contributed by atoms with E-state index in [1.54, 1.807) is 0 Å². The van der Waals surface area contributed by atoms with Gasteiger partial charge in [-0.3, -0.25) is 10.1 Å². The van der Waals surface area contributed by atoms with Crippen molar-refractivity contribution in [2.75, 3.05) is 18.4 Å². The Morgan fingerprint density at radius 2 is 1.95 bits per heavy atom. The molecule has 0 aromatic heterocycles. The third-order valence-corrected chi connectivity index (χ3v) is 4.00. The Bertz CT molecular complexity index is 640. The zero-order valence-corrected chi connectivity index (χ0v) is 11.8. The first-order chi connectivity index (χ1) is 10.2. The summed E-state index contributed by atoms with van der Waals surface area (Å²) in [7, 11) is 0. The van der Waals surface area contributed by atoms with Gasteiger partial charge in [-0.25, -0.2) is 0 Å². The second kappa shape index (κ2) is 5.95. The normalized spacial score (nSPS) is 14.9. The van der Waals surface area contributed by atoms with E-state index in [9.17, 15) is 10.1 Å². The summed E-state index contributed by atoms with van der Waals surface area (Å²) in [6.45, 7) is 0.930. The van der Waals surface area contributed by atoms with Crippen molar-refractivity contribution in [2.45, 2.75) is 18.8 Å². The van der Waals surface area contributed by atoms with Crippen LogP contribution in [0.2, 0.25) is 0 Å². The number of anilines is 1. The van der Waals surface area contributed by atoms with E-state index in [0.29, 0.717) is 0 Å². The number of nitrogens with zero attached hydrogens (tertiary/aromatic N) is 1. The van der Waals surface area contributed by atoms with Crippen molar-refractivity contribution in [2.24, 2.45) is 0 Å². The van der Waals surface area contributed by atoms with Gasteiger partial charge in [0.15, 0.2) is 0 Å². The number of aryl methyl sites for hydroxylation is 1. The van der Waals surface area contributed by atoms with Crippen LogP contribution in [0, 0.1) is 10.1 Å². The molecular formula is C17H18N2O2. The molecule has 0 fully saturated rings. The molecule has 0 amide bonds. The van der Waals surface area contributed by atoms with E-state index in [4.69, 9.17) is 0 Å². The molecule has 0 radical (unpaired) electrons. The third-order valence-electron chi connectivity index (χ3n) is 4.00. The Kier molecular flexibility index (Phi) is 3.86. The quantitative estimate of drug-likeness (QED) is 0.690. The fourth-order valence-electron chi connectivity index (χ4n) is 2.95. The first-order valence-electron chi connectivity index (χ1n) is 7.27. The summed E-state index contributed by atoms with van der Waals surface area (Å²) in [5.74, 6) is -0.187. The van der Waals surface area contributed by atoms with Crippen LogP contribution >= 0.6 is 0 Å². The van der Waals surface area contributed by atoms with Crippen molar-refractivity contribution in [3.05, 3.63) is 75.3 Å². The van der Waals surface area contributed by atoms with Crippen LogP contribution in [0.4, 0.5) is 5.69 Å². The van der Waals surface area contributed by atoms with Gasteiger partial charge in [-0.05, 0) is 35.6 Å². The van der Waals surface area contributed by atoms with Crippen LogP contribution in [0.5, 0.6) is 0 Å². The highest BCUT2D eigenvalue weighted by atomic mass is 16.6. The van der Waals surface area contributed by atoms with Crippen LogP contribution in [-0.2, 0) is 6.42 Å². The summed E-state index contributed by atoms with van der Waals surface area (Å²) in [4.78, 5) is 10.8. The minimum absolute atomic E-state index is 0.0732. The largest absolute Gasteiger partial charge is 0.385 e. The van der Waals surface area contributed by atoms with Crippen LogP contribution < -0.4 is 5.32 Å². The average molecular weight is 282 g/mol. The summed E-state index contributed by atoms with van der Waals surface area (Å²) in [6, 6.07) is 15.9. The van der Waals surface area contributed by atoms with E-state index in [1.807, 2.05) is 36.4 Å². The summed E-state index contributed by atoms with van der Waals surface area (Å²) >= 11 is 0. The highest BCUT2D eigenvalue weighted by Gasteiger charge is 2.21. The van der Waals surface area contributed by atoms with E-state index in [2.05, 4.69) is 17.4 Å². The molecule has 1 atom stereocenters. The van der Waals surface area contributed by atoms with Crippen LogP contribution in [0.1, 0.15) is 29.0 Å². The van der Waals surface area contributed by atoms with Crippen LogP contribution in [-0.4, -0.2) is 18.0 Å². The SMILES string of the molecule is O=[N+]([O-])C[C@@H](c1ccccc1)c1ccc2c(c1)CCCN2. The number of hydrogen-bond donors (Lipinski definition) is 1. The van der Waals surface area contributed by atoms with E-state index in [1.165, 1.54) is 5.56 Å². The van der Waals surface area contributed by atoms with Crippen molar-refractivity contribution in [3.63, 3.8) is 0 Å². The zero-order chi connectivity index (χ0) is 14.7. The van der Waals surface area contributed by atoms with Crippen LogP contribution in [0.15, 0.2) is 48.5 Å². The highest BCUT2D eigenvalue weighted by molar-refractivity contribution is 5.55. The van der Waals surface area contributed by atoms with Crippen LogP contribution in [0.25, 0.3) is 0 Å². The molecule has 1 N–H and O–H groups in total. The number of rotatable bonds is 4. The molecule has 4 nitrogen and oxygen atoms in total. The Labute approximate surface area is 124 Å². The molecule has 1 aliphatic rings. The molecular weight excluding hydrogens is 264 g/mol. The minimum Gasteiger partial charge on any atom is -0.385 e. The lowest BCUT2D eigenvalue weighted by molar-refractivity contribution is -0.481. The van der Waals surface area contributed by atoms with Gasteiger partial charge in [-0.2, -0.15) is 0 Å². The lowest BCUT2D eigenvalue weighted by Crippen LogP contribution is -2.16. The molecule has 108 valence electrons. The monoisotopic (exact) mass is 282 g/mol. The second-order valence-electron chi connectivity index (χ2n) is 5.43. The molecule has 2 aromatic rings. The number of nitrogens with one attached hydrogen (secondary N) is 1. The Balaban J connectivity index is 1.98. The second-order valence-corrected chi connectivity index (χ2v) is 5.43. The summed E-state index contributed by atoms with van der Waals surface area (Å²) < 4.78 is 0. The molecule has 0 unspecified atom stereocenters. The number of nitro groups is 1. The van der Waals surface area contributed by atoms with Crippen LogP contribution in [0.3, 0.4) is 0 Å².